The van der Waals surface area contributed by atoms with E-state index in [1.807, 2.05) is 19.2 Å². The fourth-order valence-electron chi connectivity index (χ4n) is 6.08. The van der Waals surface area contributed by atoms with Crippen molar-refractivity contribution >= 4 is 30.4 Å². The van der Waals surface area contributed by atoms with Gasteiger partial charge in [0.1, 0.15) is 38.5 Å². The van der Waals surface area contributed by atoms with Crippen LogP contribution in [0.5, 0.6) is 0 Å². The van der Waals surface area contributed by atoms with Gasteiger partial charge in [0.2, 0.25) is 0 Å². The van der Waals surface area contributed by atoms with Crippen molar-refractivity contribution in [3.05, 3.63) is 159 Å². The van der Waals surface area contributed by atoms with Crippen molar-refractivity contribution < 1.29 is 52.9 Å². The molecule has 0 radical (unpaired) electrons. The molecule has 5 aromatic rings. The molecule has 320 valence electrons. The number of hydrogen-bond acceptors (Lipinski definition) is 14. The van der Waals surface area contributed by atoms with Gasteiger partial charge in [0.25, 0.3) is 20.2 Å². The monoisotopic (exact) mass is 872 g/mol. The fourth-order valence-corrected chi connectivity index (χ4v) is 6.74. The third kappa shape index (κ3) is 19.0. The lowest BCUT2D eigenvalue weighted by Crippen LogP contribution is -2.41. The average Bonchev–Trinajstić information content (AvgIpc) is 3.49. The Balaban J connectivity index is 0.000000236. The SMILES string of the molecule is CS(=O)(=O)[O-].Cc1cnc(CO)c(CO)c1.Cc1cnc(COS(C)(=O)=O)c(COS(C)(=O)=O)c1.Cc1cnc2c(c1)C[N+](Cc1ccccc1)(Cc1ccccc1)C2. The van der Waals surface area contributed by atoms with E-state index in [1.165, 1.54) is 34.1 Å². The molecule has 1 aliphatic rings. The summed E-state index contributed by atoms with van der Waals surface area (Å²) >= 11 is 0. The third-order valence-corrected chi connectivity index (χ3v) is 9.55. The predicted molar refractivity (Wildman–Crippen MR) is 222 cm³/mol. The Hall–Kier alpha value is -4.50. The fraction of sp³-hybridized carbons (Fsp3) is 0.341. The van der Waals surface area contributed by atoms with E-state index >= 15 is 0 Å². The standard InChI is InChI=1S/C22H23N2.C10H15NO6S2.C8H11NO2.CH4O3S/c1-18-12-21-16-24(17-22(21)23-13-18,14-19-8-4-2-5-9-19)15-20-10-6-3-7-11-20;1-8-4-9(6-16-18(2,12)13)10(11-5-8)7-17-19(3,14)15;1-6-2-7(4-10)8(5-11)9-3-6;1-5(2,3)4/h2-13H,14-17H2,1H3;4-5H,6-7H2,1-3H3;2-3,10-11H,4-5H2,1H3;1H3,(H,2,3,4)/q+1;;;/p-1. The highest BCUT2D eigenvalue weighted by Crippen LogP contribution is 2.34. The number of aryl methyl sites for hydroxylation is 3. The summed E-state index contributed by atoms with van der Waals surface area (Å²) in [4.78, 5) is 12.7. The van der Waals surface area contributed by atoms with Crippen molar-refractivity contribution in [3.63, 3.8) is 0 Å². The first-order chi connectivity index (χ1) is 27.6. The van der Waals surface area contributed by atoms with Gasteiger partial charge in [-0.15, -0.1) is 0 Å². The molecule has 18 heteroatoms. The first kappa shape index (κ1) is 48.9. The minimum Gasteiger partial charge on any atom is -0.748 e. The molecule has 0 amide bonds. The van der Waals surface area contributed by atoms with Crippen LogP contribution in [0.3, 0.4) is 0 Å². The summed E-state index contributed by atoms with van der Waals surface area (Å²) < 4.78 is 81.3. The van der Waals surface area contributed by atoms with E-state index in [0.29, 0.717) is 28.8 Å². The van der Waals surface area contributed by atoms with Crippen LogP contribution in [0.2, 0.25) is 0 Å². The first-order valence-corrected chi connectivity index (χ1v) is 23.6. The smallest absolute Gasteiger partial charge is 0.264 e. The summed E-state index contributed by atoms with van der Waals surface area (Å²) in [7, 11) is -11.1. The Morgan fingerprint density at radius 3 is 1.53 bits per heavy atom. The molecular weight excluding hydrogens is 821 g/mol. The molecule has 0 saturated carbocycles. The second-order valence-corrected chi connectivity index (χ2v) is 18.9. The number of benzene rings is 2. The maximum absolute atomic E-state index is 10.9. The third-order valence-electron chi connectivity index (χ3n) is 8.46. The van der Waals surface area contributed by atoms with Crippen molar-refractivity contribution in [1.29, 1.82) is 0 Å². The summed E-state index contributed by atoms with van der Waals surface area (Å²) in [6.45, 7) is 9.32. The molecule has 2 N–H and O–H groups in total. The largest absolute Gasteiger partial charge is 0.748 e. The van der Waals surface area contributed by atoms with Gasteiger partial charge in [0.05, 0.1) is 53.8 Å². The highest BCUT2D eigenvalue weighted by atomic mass is 32.2. The number of aliphatic hydroxyl groups excluding tert-OH is 2. The average molecular weight is 873 g/mol. The summed E-state index contributed by atoms with van der Waals surface area (Å²) in [5, 5.41) is 17.6. The molecule has 2 aromatic carbocycles. The van der Waals surface area contributed by atoms with Crippen LogP contribution in [-0.2, 0) is 91.3 Å². The Bertz CT molecular complexity index is 2400. The van der Waals surface area contributed by atoms with Crippen molar-refractivity contribution in [2.75, 3.05) is 18.8 Å². The van der Waals surface area contributed by atoms with E-state index < -0.39 is 30.4 Å². The number of quaternary nitrogens is 1. The van der Waals surface area contributed by atoms with Crippen LogP contribution in [-0.4, -0.2) is 78.2 Å². The van der Waals surface area contributed by atoms with Crippen molar-refractivity contribution in [1.82, 2.24) is 15.0 Å². The van der Waals surface area contributed by atoms with Gasteiger partial charge in [-0.3, -0.25) is 23.3 Å². The van der Waals surface area contributed by atoms with E-state index in [1.54, 1.807) is 19.2 Å². The Morgan fingerprint density at radius 2 is 1.05 bits per heavy atom. The molecule has 6 rings (SSSR count). The van der Waals surface area contributed by atoms with E-state index in [4.69, 9.17) is 28.2 Å². The van der Waals surface area contributed by atoms with Gasteiger partial charge in [-0.05, 0) is 43.5 Å². The number of aromatic nitrogens is 3. The number of pyridine rings is 3. The quantitative estimate of drug-likeness (QED) is 0.100. The number of fused-ring (bicyclic) bond motifs is 1. The van der Waals surface area contributed by atoms with E-state index in [0.717, 1.165) is 54.3 Å². The minimum atomic E-state index is -3.92. The summed E-state index contributed by atoms with van der Waals surface area (Å²) in [6, 6.07) is 27.5. The van der Waals surface area contributed by atoms with Gasteiger partial charge in [-0.2, -0.15) is 16.8 Å². The minimum absolute atomic E-state index is 0.0649. The molecule has 15 nitrogen and oxygen atoms in total. The van der Waals surface area contributed by atoms with Crippen LogP contribution >= 0.6 is 0 Å². The predicted octanol–water partition coefficient (Wildman–Crippen LogP) is 4.50. The lowest BCUT2D eigenvalue weighted by atomic mass is 10.1. The molecule has 0 bridgehead atoms. The summed E-state index contributed by atoms with van der Waals surface area (Å²) in [5.74, 6) is 0. The summed E-state index contributed by atoms with van der Waals surface area (Å²) in [6.07, 6.45) is 7.67. The van der Waals surface area contributed by atoms with E-state index in [2.05, 4.69) is 92.0 Å². The van der Waals surface area contributed by atoms with Crippen LogP contribution in [0.15, 0.2) is 97.5 Å². The Morgan fingerprint density at radius 1 is 0.610 bits per heavy atom. The zero-order valence-electron chi connectivity index (χ0n) is 34.0. The number of hydrogen-bond donors (Lipinski definition) is 2. The van der Waals surface area contributed by atoms with Crippen LogP contribution in [0.25, 0.3) is 0 Å². The van der Waals surface area contributed by atoms with E-state index in [9.17, 15) is 16.8 Å². The second kappa shape index (κ2) is 22.2. The zero-order valence-corrected chi connectivity index (χ0v) is 36.4. The molecule has 59 heavy (non-hydrogen) atoms. The molecule has 4 heterocycles. The molecule has 0 atom stereocenters. The number of aliphatic hydroxyl groups is 2. The van der Waals surface area contributed by atoms with Crippen molar-refractivity contribution in [2.24, 2.45) is 0 Å². The lowest BCUT2D eigenvalue weighted by Gasteiger charge is -2.34. The lowest BCUT2D eigenvalue weighted by molar-refractivity contribution is -0.972. The van der Waals surface area contributed by atoms with Crippen LogP contribution in [0.1, 0.15) is 61.6 Å². The Kier molecular flexibility index (Phi) is 18.4. The molecule has 3 aromatic heterocycles. The van der Waals surface area contributed by atoms with E-state index in [-0.39, 0.29) is 26.4 Å². The van der Waals surface area contributed by atoms with Crippen LogP contribution in [0, 0.1) is 20.8 Å². The highest BCUT2D eigenvalue weighted by Gasteiger charge is 2.37. The normalized spacial score (nSPS) is 13.1. The van der Waals surface area contributed by atoms with Gasteiger partial charge in [0, 0.05) is 52.7 Å². The number of nitrogens with zero attached hydrogens (tertiary/aromatic N) is 4. The van der Waals surface area contributed by atoms with Crippen LogP contribution in [0.4, 0.5) is 0 Å². The second-order valence-electron chi connectivity index (χ2n) is 14.3. The number of rotatable bonds is 12. The van der Waals surface area contributed by atoms with Gasteiger partial charge in [-0.25, -0.2) is 8.42 Å². The summed E-state index contributed by atoms with van der Waals surface area (Å²) in [5.41, 5.74) is 10.6. The topological polar surface area (TPSA) is 223 Å². The zero-order chi connectivity index (χ0) is 43.9. The van der Waals surface area contributed by atoms with Gasteiger partial charge in [-0.1, -0.05) is 72.8 Å². The molecule has 0 fully saturated rings. The van der Waals surface area contributed by atoms with Crippen LogP contribution < -0.4 is 0 Å². The van der Waals surface area contributed by atoms with Crippen molar-refractivity contribution in [3.8, 4) is 0 Å². The molecule has 0 spiro atoms. The highest BCUT2D eigenvalue weighted by molar-refractivity contribution is 7.86. The van der Waals surface area contributed by atoms with Gasteiger partial charge >= 0.3 is 0 Å². The van der Waals surface area contributed by atoms with Gasteiger partial charge in [0.15, 0.2) is 0 Å². The van der Waals surface area contributed by atoms with Gasteiger partial charge < -0.3 is 19.2 Å². The molecule has 1 aliphatic heterocycles. The molecule has 0 aliphatic carbocycles. The molecule has 0 unspecified atom stereocenters. The first-order valence-electron chi connectivity index (χ1n) is 18.1. The Labute approximate surface area is 348 Å². The van der Waals surface area contributed by atoms with Crippen molar-refractivity contribution in [2.45, 2.75) is 73.4 Å². The maximum Gasteiger partial charge on any atom is 0.264 e. The molecule has 0 saturated heterocycles. The maximum atomic E-state index is 10.9. The molecular formula is C41H52N4O11S3.